The van der Waals surface area contributed by atoms with Crippen molar-refractivity contribution in [1.82, 2.24) is 0 Å². The third kappa shape index (κ3) is 2.13. The molecule has 0 aromatic heterocycles. The molecular formula is C14H6Cl2O4. The molecule has 1 heterocycles. The second kappa shape index (κ2) is 4.81. The Morgan fingerprint density at radius 1 is 0.900 bits per heavy atom. The van der Waals surface area contributed by atoms with Crippen LogP contribution in [0, 0.1) is 0 Å². The number of carbonyl (C=O) groups is 2. The maximum Gasteiger partial charge on any atom is 0.347 e. The number of benzene rings is 2. The molecule has 0 atom stereocenters. The van der Waals surface area contributed by atoms with Crippen molar-refractivity contribution in [1.29, 1.82) is 0 Å². The van der Waals surface area contributed by atoms with E-state index in [1.165, 1.54) is 12.1 Å². The van der Waals surface area contributed by atoms with Gasteiger partial charge in [-0.05, 0) is 30.3 Å². The Morgan fingerprint density at radius 3 is 2.25 bits per heavy atom. The molecule has 1 aliphatic heterocycles. The number of cyclic esters (lactones) is 2. The second-order valence-electron chi connectivity index (χ2n) is 4.04. The van der Waals surface area contributed by atoms with Crippen LogP contribution in [0.5, 0.6) is 11.5 Å². The standard InChI is InChI=1S/C14H6Cl2O4/c15-10-2-1-3-11(16)12(10)19-7-4-5-8-9(6-7)14(18)20-13(8)17/h1-6H. The summed E-state index contributed by atoms with van der Waals surface area (Å²) in [5, 5.41) is 0.688. The van der Waals surface area contributed by atoms with Gasteiger partial charge in [0.2, 0.25) is 0 Å². The molecule has 0 spiro atoms. The molecule has 20 heavy (non-hydrogen) atoms. The van der Waals surface area contributed by atoms with Crippen LogP contribution < -0.4 is 4.74 Å². The zero-order valence-corrected chi connectivity index (χ0v) is 11.4. The molecule has 3 rings (SSSR count). The van der Waals surface area contributed by atoms with Gasteiger partial charge in [-0.1, -0.05) is 29.3 Å². The van der Waals surface area contributed by atoms with Crippen molar-refractivity contribution in [2.24, 2.45) is 0 Å². The van der Waals surface area contributed by atoms with E-state index in [1.807, 2.05) is 0 Å². The van der Waals surface area contributed by atoms with E-state index >= 15 is 0 Å². The molecule has 2 aromatic rings. The minimum absolute atomic E-state index is 0.163. The highest BCUT2D eigenvalue weighted by molar-refractivity contribution is 6.37. The Bertz CT molecular complexity index is 720. The Labute approximate surface area is 123 Å². The van der Waals surface area contributed by atoms with Crippen molar-refractivity contribution in [3.8, 4) is 11.5 Å². The van der Waals surface area contributed by atoms with Gasteiger partial charge >= 0.3 is 11.9 Å². The highest BCUT2D eigenvalue weighted by atomic mass is 35.5. The van der Waals surface area contributed by atoms with Gasteiger partial charge < -0.3 is 9.47 Å². The molecule has 0 bridgehead atoms. The predicted molar refractivity (Wildman–Crippen MR) is 72.7 cm³/mol. The van der Waals surface area contributed by atoms with Gasteiger partial charge in [-0.3, -0.25) is 0 Å². The average Bonchev–Trinajstić information content (AvgIpc) is 2.69. The van der Waals surface area contributed by atoms with Crippen molar-refractivity contribution < 1.29 is 19.1 Å². The lowest BCUT2D eigenvalue weighted by Crippen LogP contribution is -1.96. The van der Waals surface area contributed by atoms with Crippen molar-refractivity contribution in [2.45, 2.75) is 0 Å². The highest BCUT2D eigenvalue weighted by Crippen LogP contribution is 2.37. The molecule has 0 amide bonds. The lowest BCUT2D eigenvalue weighted by molar-refractivity contribution is 0.0443. The van der Waals surface area contributed by atoms with E-state index in [0.717, 1.165) is 0 Å². The zero-order chi connectivity index (χ0) is 14.3. The highest BCUT2D eigenvalue weighted by Gasteiger charge is 2.30. The van der Waals surface area contributed by atoms with E-state index in [9.17, 15) is 9.59 Å². The SMILES string of the molecule is O=C1OC(=O)c2cc(Oc3c(Cl)cccc3Cl)ccc21. The third-order valence-corrected chi connectivity index (χ3v) is 3.35. The Kier molecular flexibility index (Phi) is 3.12. The average molecular weight is 309 g/mol. The maximum absolute atomic E-state index is 11.5. The number of fused-ring (bicyclic) bond motifs is 1. The van der Waals surface area contributed by atoms with Gasteiger partial charge in [0.25, 0.3) is 0 Å². The van der Waals surface area contributed by atoms with Crippen molar-refractivity contribution in [2.75, 3.05) is 0 Å². The Balaban J connectivity index is 1.99. The fourth-order valence-electron chi connectivity index (χ4n) is 1.83. The summed E-state index contributed by atoms with van der Waals surface area (Å²) < 4.78 is 10.1. The molecule has 0 saturated heterocycles. The van der Waals surface area contributed by atoms with Crippen LogP contribution in [-0.2, 0) is 4.74 Å². The van der Waals surface area contributed by atoms with E-state index in [-0.39, 0.29) is 16.9 Å². The maximum atomic E-state index is 11.5. The molecular weight excluding hydrogens is 303 g/mol. The molecule has 100 valence electrons. The van der Waals surface area contributed by atoms with Crippen LogP contribution in [0.1, 0.15) is 20.7 Å². The molecule has 0 saturated carbocycles. The Morgan fingerprint density at radius 2 is 1.55 bits per heavy atom. The summed E-state index contributed by atoms with van der Waals surface area (Å²) in [6, 6.07) is 9.38. The van der Waals surface area contributed by atoms with Crippen molar-refractivity contribution >= 4 is 35.1 Å². The van der Waals surface area contributed by atoms with E-state index < -0.39 is 11.9 Å². The number of hydrogen-bond donors (Lipinski definition) is 0. The summed E-state index contributed by atoms with van der Waals surface area (Å²) in [7, 11) is 0. The van der Waals surface area contributed by atoms with Crippen LogP contribution in [0.2, 0.25) is 10.0 Å². The van der Waals surface area contributed by atoms with Crippen LogP contribution >= 0.6 is 23.2 Å². The molecule has 0 aliphatic carbocycles. The number of halogens is 2. The smallest absolute Gasteiger partial charge is 0.347 e. The van der Waals surface area contributed by atoms with E-state index in [2.05, 4.69) is 4.74 Å². The molecule has 0 fully saturated rings. The van der Waals surface area contributed by atoms with E-state index in [4.69, 9.17) is 27.9 Å². The van der Waals surface area contributed by atoms with Gasteiger partial charge in [0.1, 0.15) is 5.75 Å². The van der Waals surface area contributed by atoms with Gasteiger partial charge in [0.15, 0.2) is 5.75 Å². The second-order valence-corrected chi connectivity index (χ2v) is 4.85. The topological polar surface area (TPSA) is 52.6 Å². The lowest BCUT2D eigenvalue weighted by Gasteiger charge is -2.09. The first-order valence-electron chi connectivity index (χ1n) is 5.58. The van der Waals surface area contributed by atoms with Gasteiger partial charge in [0, 0.05) is 0 Å². The van der Waals surface area contributed by atoms with Crippen LogP contribution in [0.15, 0.2) is 36.4 Å². The molecule has 4 nitrogen and oxygen atoms in total. The number of rotatable bonds is 2. The quantitative estimate of drug-likeness (QED) is 0.619. The summed E-state index contributed by atoms with van der Waals surface area (Å²) in [5.74, 6) is -0.730. The first-order valence-corrected chi connectivity index (χ1v) is 6.34. The van der Waals surface area contributed by atoms with Gasteiger partial charge in [-0.25, -0.2) is 9.59 Å². The van der Waals surface area contributed by atoms with E-state index in [0.29, 0.717) is 15.8 Å². The summed E-state index contributed by atoms with van der Waals surface area (Å²) in [6.07, 6.45) is 0. The first-order chi connectivity index (χ1) is 9.56. The molecule has 0 radical (unpaired) electrons. The summed E-state index contributed by atoms with van der Waals surface area (Å²) in [6.45, 7) is 0. The minimum atomic E-state index is -0.694. The predicted octanol–water partition coefficient (Wildman–Crippen LogP) is 4.10. The Hall–Kier alpha value is -2.04. The van der Waals surface area contributed by atoms with E-state index in [1.54, 1.807) is 24.3 Å². The summed E-state index contributed by atoms with van der Waals surface area (Å²) >= 11 is 12.0. The summed E-state index contributed by atoms with van der Waals surface area (Å²) in [4.78, 5) is 22.8. The minimum Gasteiger partial charge on any atom is -0.454 e. The molecule has 0 N–H and O–H groups in total. The summed E-state index contributed by atoms with van der Waals surface area (Å²) in [5.41, 5.74) is 0.378. The number of esters is 2. The first kappa shape index (κ1) is 13.0. The monoisotopic (exact) mass is 308 g/mol. The van der Waals surface area contributed by atoms with Crippen LogP contribution in [0.3, 0.4) is 0 Å². The fraction of sp³-hybridized carbons (Fsp3) is 0. The lowest BCUT2D eigenvalue weighted by atomic mass is 10.1. The molecule has 2 aromatic carbocycles. The molecule has 6 heteroatoms. The molecule has 1 aliphatic rings. The third-order valence-electron chi connectivity index (χ3n) is 2.76. The largest absolute Gasteiger partial charge is 0.454 e. The number of carbonyl (C=O) groups excluding carboxylic acids is 2. The van der Waals surface area contributed by atoms with Gasteiger partial charge in [0.05, 0.1) is 21.2 Å². The zero-order valence-electron chi connectivity index (χ0n) is 9.85. The number of para-hydroxylation sites is 1. The van der Waals surface area contributed by atoms with Crippen LogP contribution in [0.25, 0.3) is 0 Å². The van der Waals surface area contributed by atoms with Crippen LogP contribution in [-0.4, -0.2) is 11.9 Å². The number of ether oxygens (including phenoxy) is 2. The molecule has 0 unspecified atom stereocenters. The van der Waals surface area contributed by atoms with Crippen molar-refractivity contribution in [3.63, 3.8) is 0 Å². The van der Waals surface area contributed by atoms with Gasteiger partial charge in [-0.15, -0.1) is 0 Å². The van der Waals surface area contributed by atoms with Crippen molar-refractivity contribution in [3.05, 3.63) is 57.6 Å². The van der Waals surface area contributed by atoms with Gasteiger partial charge in [-0.2, -0.15) is 0 Å². The van der Waals surface area contributed by atoms with Crippen LogP contribution in [0.4, 0.5) is 0 Å². The number of hydrogen-bond acceptors (Lipinski definition) is 4. The fourth-order valence-corrected chi connectivity index (χ4v) is 2.30. The normalized spacial score (nSPS) is 13.1.